The number of nitrogens with two attached hydrogens (primary N) is 1. The number of nitrogen functional groups attached to an aromatic ring is 1. The van der Waals surface area contributed by atoms with Crippen LogP contribution in [0.1, 0.15) is 0 Å². The molecule has 0 radical (unpaired) electrons. The van der Waals surface area contributed by atoms with Crippen LogP contribution in [-0.2, 0) is 0 Å². The van der Waals surface area contributed by atoms with Gasteiger partial charge < -0.3 is 10.8 Å². The number of hydrogen-bond donors (Lipinski definition) is 2. The Hall–Kier alpha value is -2.82. The Balaban J connectivity index is 2.04. The Morgan fingerprint density at radius 1 is 1.00 bits per heavy atom. The molecule has 3 N–H and O–H groups in total. The molecule has 92 valence electrons. The normalized spacial score (nSPS) is 11.4. The second-order valence-electron chi connectivity index (χ2n) is 4.41. The van der Waals surface area contributed by atoms with E-state index in [1.165, 1.54) is 4.79 Å². The van der Waals surface area contributed by atoms with Crippen LogP contribution in [0.3, 0.4) is 0 Å². The molecule has 4 aromatic rings. The van der Waals surface area contributed by atoms with Gasteiger partial charge in [-0.25, -0.2) is 4.98 Å². The molecule has 0 aliphatic heterocycles. The van der Waals surface area contributed by atoms with Gasteiger partial charge in [0.25, 0.3) is 0 Å². The Morgan fingerprint density at radius 2 is 1.79 bits per heavy atom. The van der Waals surface area contributed by atoms with E-state index >= 15 is 0 Å². The summed E-state index contributed by atoms with van der Waals surface area (Å²) in [6, 6.07) is 15.7. The minimum atomic E-state index is 0.738. The molecular formula is C14H11N5. The Labute approximate surface area is 108 Å². The maximum Gasteiger partial charge on any atom is 0.159 e. The highest BCUT2D eigenvalue weighted by Gasteiger charge is 2.13. The number of hydrogen-bond acceptors (Lipinski definition) is 3. The summed E-state index contributed by atoms with van der Waals surface area (Å²) < 4.78 is 0. The SMILES string of the molecule is Nn1nc(-c2nc3ccccc3[nH]2)c2ccccc21. The lowest BCUT2D eigenvalue weighted by Crippen LogP contribution is -2.09. The summed E-state index contributed by atoms with van der Waals surface area (Å²) in [7, 11) is 0. The van der Waals surface area contributed by atoms with Gasteiger partial charge in [0.1, 0.15) is 5.69 Å². The van der Waals surface area contributed by atoms with Crippen molar-refractivity contribution in [2.75, 3.05) is 5.84 Å². The van der Waals surface area contributed by atoms with E-state index in [0.717, 1.165) is 33.5 Å². The first-order valence-corrected chi connectivity index (χ1v) is 6.01. The fourth-order valence-corrected chi connectivity index (χ4v) is 2.33. The van der Waals surface area contributed by atoms with E-state index in [0.29, 0.717) is 0 Å². The van der Waals surface area contributed by atoms with Crippen molar-refractivity contribution < 1.29 is 0 Å². The quantitative estimate of drug-likeness (QED) is 0.508. The number of aromatic nitrogens is 4. The average molecular weight is 249 g/mol. The van der Waals surface area contributed by atoms with Crippen molar-refractivity contribution in [3.63, 3.8) is 0 Å². The molecule has 0 aliphatic carbocycles. The standard InChI is InChI=1S/C14H11N5/c15-19-12-8-4-1-5-9(12)13(18-19)14-16-10-6-2-3-7-11(10)17-14/h1-8H,15H2,(H,16,17). The largest absolute Gasteiger partial charge is 0.337 e. The molecule has 0 fully saturated rings. The van der Waals surface area contributed by atoms with E-state index in [4.69, 9.17) is 5.84 Å². The van der Waals surface area contributed by atoms with Crippen molar-refractivity contribution in [1.82, 2.24) is 19.9 Å². The lowest BCUT2D eigenvalue weighted by Gasteiger charge is -1.91. The third-order valence-electron chi connectivity index (χ3n) is 3.23. The van der Waals surface area contributed by atoms with E-state index < -0.39 is 0 Å². The first-order chi connectivity index (χ1) is 9.33. The Kier molecular flexibility index (Phi) is 1.91. The third-order valence-corrected chi connectivity index (χ3v) is 3.23. The molecule has 2 heterocycles. The van der Waals surface area contributed by atoms with Crippen molar-refractivity contribution in [3.05, 3.63) is 48.5 Å². The topological polar surface area (TPSA) is 72.5 Å². The molecular weight excluding hydrogens is 238 g/mol. The summed E-state index contributed by atoms with van der Waals surface area (Å²) in [4.78, 5) is 9.22. The number of imidazole rings is 1. The van der Waals surface area contributed by atoms with Crippen LogP contribution >= 0.6 is 0 Å². The summed E-state index contributed by atoms with van der Waals surface area (Å²) in [5.74, 6) is 6.61. The van der Waals surface area contributed by atoms with E-state index in [1.54, 1.807) is 0 Å². The van der Waals surface area contributed by atoms with Crippen LogP contribution in [0, 0.1) is 0 Å². The number of benzene rings is 2. The van der Waals surface area contributed by atoms with Gasteiger partial charge in [-0.15, -0.1) is 5.10 Å². The van der Waals surface area contributed by atoms with E-state index in [9.17, 15) is 0 Å². The molecule has 0 saturated carbocycles. The molecule has 19 heavy (non-hydrogen) atoms. The smallest absolute Gasteiger partial charge is 0.159 e. The first kappa shape index (κ1) is 10.1. The van der Waals surface area contributed by atoms with E-state index in [1.807, 2.05) is 48.5 Å². The third kappa shape index (κ3) is 1.41. The highest BCUT2D eigenvalue weighted by molar-refractivity contribution is 5.93. The molecule has 0 bridgehead atoms. The molecule has 2 aromatic carbocycles. The summed E-state index contributed by atoms with van der Waals surface area (Å²) in [6.45, 7) is 0. The highest BCUT2D eigenvalue weighted by atomic mass is 15.5. The second kappa shape index (κ2) is 3.58. The molecule has 0 unspecified atom stereocenters. The number of fused-ring (bicyclic) bond motifs is 2. The van der Waals surface area contributed by atoms with Crippen LogP contribution in [0.5, 0.6) is 0 Å². The van der Waals surface area contributed by atoms with Crippen molar-refractivity contribution in [3.8, 4) is 11.5 Å². The summed E-state index contributed by atoms with van der Waals surface area (Å²) in [6.07, 6.45) is 0. The van der Waals surface area contributed by atoms with Gasteiger partial charge >= 0.3 is 0 Å². The minimum absolute atomic E-state index is 0.738. The number of aromatic amines is 1. The number of nitrogens with zero attached hydrogens (tertiary/aromatic N) is 3. The van der Waals surface area contributed by atoms with Crippen LogP contribution in [0.2, 0.25) is 0 Å². The van der Waals surface area contributed by atoms with Crippen LogP contribution in [0.4, 0.5) is 0 Å². The molecule has 4 rings (SSSR count). The van der Waals surface area contributed by atoms with Crippen LogP contribution in [-0.4, -0.2) is 19.9 Å². The van der Waals surface area contributed by atoms with Gasteiger partial charge in [-0.3, -0.25) is 0 Å². The van der Waals surface area contributed by atoms with Crippen LogP contribution in [0.25, 0.3) is 33.5 Å². The summed E-state index contributed by atoms with van der Waals surface area (Å²) in [5.41, 5.74) is 3.58. The molecule has 0 atom stereocenters. The van der Waals surface area contributed by atoms with Gasteiger partial charge in [0.2, 0.25) is 0 Å². The van der Waals surface area contributed by atoms with Crippen molar-refractivity contribution in [2.45, 2.75) is 0 Å². The van der Waals surface area contributed by atoms with Gasteiger partial charge in [0, 0.05) is 5.39 Å². The monoisotopic (exact) mass is 249 g/mol. The molecule has 0 spiro atoms. The first-order valence-electron chi connectivity index (χ1n) is 6.01. The predicted octanol–water partition coefficient (Wildman–Crippen LogP) is 2.29. The zero-order valence-electron chi connectivity index (χ0n) is 10.0. The predicted molar refractivity (Wildman–Crippen MR) is 75.0 cm³/mol. The second-order valence-corrected chi connectivity index (χ2v) is 4.41. The fraction of sp³-hybridized carbons (Fsp3) is 0. The van der Waals surface area contributed by atoms with Crippen LogP contribution < -0.4 is 5.84 Å². The zero-order chi connectivity index (χ0) is 12.8. The fourth-order valence-electron chi connectivity index (χ4n) is 2.33. The summed E-state index contributed by atoms with van der Waals surface area (Å²) in [5, 5.41) is 5.35. The average Bonchev–Trinajstić information content (AvgIpc) is 3.01. The molecule has 5 nitrogen and oxygen atoms in total. The maximum atomic E-state index is 5.87. The van der Waals surface area contributed by atoms with Crippen molar-refractivity contribution >= 4 is 21.9 Å². The molecule has 0 aliphatic rings. The van der Waals surface area contributed by atoms with Gasteiger partial charge in [-0.1, -0.05) is 30.3 Å². The highest BCUT2D eigenvalue weighted by Crippen LogP contribution is 2.26. The Morgan fingerprint density at radius 3 is 2.68 bits per heavy atom. The zero-order valence-corrected chi connectivity index (χ0v) is 10.0. The molecule has 2 aromatic heterocycles. The molecule has 0 saturated heterocycles. The van der Waals surface area contributed by atoms with Gasteiger partial charge in [0.15, 0.2) is 5.82 Å². The van der Waals surface area contributed by atoms with E-state index in [2.05, 4.69) is 15.1 Å². The number of H-pyrrole nitrogens is 1. The minimum Gasteiger partial charge on any atom is -0.337 e. The van der Waals surface area contributed by atoms with Crippen molar-refractivity contribution in [2.24, 2.45) is 0 Å². The van der Waals surface area contributed by atoms with Gasteiger partial charge in [0.05, 0.1) is 16.6 Å². The lowest BCUT2D eigenvalue weighted by atomic mass is 10.2. The maximum absolute atomic E-state index is 5.87. The lowest BCUT2D eigenvalue weighted by molar-refractivity contribution is 0.863. The summed E-state index contributed by atoms with van der Waals surface area (Å²) >= 11 is 0. The number of rotatable bonds is 1. The van der Waals surface area contributed by atoms with Gasteiger partial charge in [-0.05, 0) is 18.2 Å². The van der Waals surface area contributed by atoms with Crippen molar-refractivity contribution in [1.29, 1.82) is 0 Å². The Bertz CT molecular complexity index is 854. The molecule has 0 amide bonds. The van der Waals surface area contributed by atoms with E-state index in [-0.39, 0.29) is 0 Å². The number of para-hydroxylation sites is 3. The molecule has 5 heteroatoms. The van der Waals surface area contributed by atoms with Crippen LogP contribution in [0.15, 0.2) is 48.5 Å². The van der Waals surface area contributed by atoms with Gasteiger partial charge in [-0.2, -0.15) is 4.79 Å². The number of nitrogens with one attached hydrogen (secondary N) is 1.